The van der Waals surface area contributed by atoms with Crippen molar-refractivity contribution in [2.45, 2.75) is 26.4 Å². The zero-order valence-electron chi connectivity index (χ0n) is 18.4. The molecule has 8 heteroatoms. The SMILES string of the molecule is COc1ccc(N2CCCn3c2nc2c3c(=O)n(Cc3ccccc3C)c(=O)n2C)cc1. The van der Waals surface area contributed by atoms with Crippen LogP contribution in [0.3, 0.4) is 0 Å². The second kappa shape index (κ2) is 7.71. The Kier molecular flexibility index (Phi) is 4.84. The molecule has 8 nitrogen and oxygen atoms in total. The van der Waals surface area contributed by atoms with Crippen molar-refractivity contribution in [2.75, 3.05) is 18.6 Å². The Morgan fingerprint density at radius 3 is 2.50 bits per heavy atom. The Hall–Kier alpha value is -3.81. The van der Waals surface area contributed by atoms with E-state index in [2.05, 4.69) is 4.90 Å². The second-order valence-corrected chi connectivity index (χ2v) is 8.10. The van der Waals surface area contributed by atoms with Crippen molar-refractivity contribution in [3.05, 3.63) is 80.5 Å². The standard InChI is InChI=1S/C24H25N5O3/c1-16-7-4-5-8-17(16)15-29-22(30)20-21(26(2)24(29)31)25-23-27(13-6-14-28(20)23)18-9-11-19(32-3)12-10-18/h4-5,7-12H,6,13-15H2,1-3H3. The van der Waals surface area contributed by atoms with Crippen molar-refractivity contribution in [1.82, 2.24) is 18.7 Å². The van der Waals surface area contributed by atoms with Gasteiger partial charge in [0.1, 0.15) is 5.75 Å². The predicted molar refractivity (Wildman–Crippen MR) is 124 cm³/mol. The first-order valence-corrected chi connectivity index (χ1v) is 10.7. The van der Waals surface area contributed by atoms with Gasteiger partial charge in [-0.05, 0) is 48.7 Å². The van der Waals surface area contributed by atoms with Crippen LogP contribution in [-0.4, -0.2) is 32.3 Å². The topological polar surface area (TPSA) is 74.3 Å². The van der Waals surface area contributed by atoms with Gasteiger partial charge in [0.2, 0.25) is 5.95 Å². The van der Waals surface area contributed by atoms with E-state index in [1.165, 1.54) is 9.13 Å². The van der Waals surface area contributed by atoms with Gasteiger partial charge in [-0.3, -0.25) is 13.9 Å². The summed E-state index contributed by atoms with van der Waals surface area (Å²) < 4.78 is 10.0. The molecule has 2 aromatic heterocycles. The number of ether oxygens (including phenoxy) is 1. The van der Waals surface area contributed by atoms with E-state index in [1.807, 2.05) is 60.0 Å². The van der Waals surface area contributed by atoms with Gasteiger partial charge in [0.05, 0.1) is 13.7 Å². The molecule has 0 fully saturated rings. The molecule has 0 N–H and O–H groups in total. The summed E-state index contributed by atoms with van der Waals surface area (Å²) in [6, 6.07) is 15.6. The molecule has 0 atom stereocenters. The molecule has 32 heavy (non-hydrogen) atoms. The number of anilines is 2. The quantitative estimate of drug-likeness (QED) is 0.497. The van der Waals surface area contributed by atoms with Gasteiger partial charge >= 0.3 is 5.69 Å². The molecule has 0 bridgehead atoms. The minimum atomic E-state index is -0.364. The molecule has 4 aromatic rings. The van der Waals surface area contributed by atoms with E-state index in [-0.39, 0.29) is 17.8 Å². The molecular weight excluding hydrogens is 406 g/mol. The van der Waals surface area contributed by atoms with E-state index in [9.17, 15) is 9.59 Å². The second-order valence-electron chi connectivity index (χ2n) is 8.10. The maximum atomic E-state index is 13.5. The first-order chi connectivity index (χ1) is 15.5. The number of benzene rings is 2. The normalized spacial score (nSPS) is 13.4. The number of hydrogen-bond donors (Lipinski definition) is 0. The molecule has 0 amide bonds. The maximum absolute atomic E-state index is 13.5. The van der Waals surface area contributed by atoms with E-state index in [0.717, 1.165) is 35.5 Å². The van der Waals surface area contributed by atoms with Crippen molar-refractivity contribution in [1.29, 1.82) is 0 Å². The van der Waals surface area contributed by atoms with Crippen LogP contribution in [0.4, 0.5) is 11.6 Å². The van der Waals surface area contributed by atoms with Crippen LogP contribution in [0, 0.1) is 6.92 Å². The number of aryl methyl sites for hydroxylation is 3. The minimum Gasteiger partial charge on any atom is -0.497 e. The van der Waals surface area contributed by atoms with Crippen molar-refractivity contribution in [3.63, 3.8) is 0 Å². The lowest BCUT2D eigenvalue weighted by Gasteiger charge is -2.29. The summed E-state index contributed by atoms with van der Waals surface area (Å²) in [5.41, 5.74) is 3.17. The number of rotatable bonds is 4. The fraction of sp³-hybridized carbons (Fsp3) is 0.292. The lowest BCUT2D eigenvalue weighted by Crippen LogP contribution is -2.40. The van der Waals surface area contributed by atoms with Crippen molar-refractivity contribution < 1.29 is 4.74 Å². The Labute approximate surface area is 184 Å². The first-order valence-electron chi connectivity index (χ1n) is 10.7. The maximum Gasteiger partial charge on any atom is 0.332 e. The Morgan fingerprint density at radius 1 is 1.03 bits per heavy atom. The molecular formula is C24H25N5O3. The largest absolute Gasteiger partial charge is 0.497 e. The smallest absolute Gasteiger partial charge is 0.332 e. The zero-order valence-corrected chi connectivity index (χ0v) is 18.4. The molecule has 0 saturated heterocycles. The van der Waals surface area contributed by atoms with Gasteiger partial charge in [0.15, 0.2) is 11.2 Å². The van der Waals surface area contributed by atoms with Gasteiger partial charge in [-0.2, -0.15) is 4.98 Å². The lowest BCUT2D eigenvalue weighted by molar-refractivity contribution is 0.415. The number of fused-ring (bicyclic) bond motifs is 3. The highest BCUT2D eigenvalue weighted by atomic mass is 16.5. The van der Waals surface area contributed by atoms with E-state index in [1.54, 1.807) is 14.2 Å². The molecule has 0 spiro atoms. The van der Waals surface area contributed by atoms with E-state index in [0.29, 0.717) is 23.7 Å². The summed E-state index contributed by atoms with van der Waals surface area (Å²) in [6.07, 6.45) is 0.866. The van der Waals surface area contributed by atoms with E-state index in [4.69, 9.17) is 9.72 Å². The van der Waals surface area contributed by atoms with Crippen molar-refractivity contribution >= 4 is 22.8 Å². The van der Waals surface area contributed by atoms with E-state index < -0.39 is 0 Å². The molecule has 0 radical (unpaired) electrons. The molecule has 0 aliphatic carbocycles. The molecule has 0 unspecified atom stereocenters. The van der Waals surface area contributed by atoms with Gasteiger partial charge in [-0.25, -0.2) is 4.79 Å². The van der Waals surface area contributed by atoms with Crippen molar-refractivity contribution in [3.8, 4) is 5.75 Å². The summed E-state index contributed by atoms with van der Waals surface area (Å²) in [4.78, 5) is 33.5. The highest BCUT2D eigenvalue weighted by Crippen LogP contribution is 2.31. The minimum absolute atomic E-state index is 0.233. The molecule has 1 aliphatic heterocycles. The average Bonchev–Trinajstić information content (AvgIpc) is 3.22. The highest BCUT2D eigenvalue weighted by Gasteiger charge is 2.27. The molecule has 3 heterocycles. The average molecular weight is 431 g/mol. The first kappa shape index (κ1) is 20.1. The summed E-state index contributed by atoms with van der Waals surface area (Å²) in [5.74, 6) is 1.46. The zero-order chi connectivity index (χ0) is 22.4. The summed E-state index contributed by atoms with van der Waals surface area (Å²) >= 11 is 0. The number of aromatic nitrogens is 4. The Bertz CT molecular complexity index is 1430. The van der Waals surface area contributed by atoms with Gasteiger partial charge in [0, 0.05) is 25.8 Å². The monoisotopic (exact) mass is 431 g/mol. The van der Waals surface area contributed by atoms with Crippen LogP contribution in [-0.2, 0) is 20.1 Å². The van der Waals surface area contributed by atoms with Gasteiger partial charge in [-0.15, -0.1) is 0 Å². The highest BCUT2D eigenvalue weighted by molar-refractivity contribution is 5.77. The number of hydrogen-bond acceptors (Lipinski definition) is 5. The predicted octanol–water partition coefficient (Wildman–Crippen LogP) is 2.80. The molecule has 0 saturated carbocycles. The van der Waals surface area contributed by atoms with Crippen LogP contribution < -0.4 is 20.9 Å². The number of methoxy groups -OCH3 is 1. The summed E-state index contributed by atoms with van der Waals surface area (Å²) in [7, 11) is 3.31. The Morgan fingerprint density at radius 2 is 1.78 bits per heavy atom. The third kappa shape index (κ3) is 3.10. The van der Waals surface area contributed by atoms with Crippen LogP contribution in [0.25, 0.3) is 11.2 Å². The van der Waals surface area contributed by atoms with Crippen LogP contribution in [0.5, 0.6) is 5.75 Å². The Balaban J connectivity index is 1.68. The third-order valence-electron chi connectivity index (χ3n) is 6.19. The molecule has 164 valence electrons. The lowest BCUT2D eigenvalue weighted by atomic mass is 10.1. The van der Waals surface area contributed by atoms with Crippen molar-refractivity contribution in [2.24, 2.45) is 7.05 Å². The van der Waals surface area contributed by atoms with Crippen LogP contribution in [0.1, 0.15) is 17.5 Å². The summed E-state index contributed by atoms with van der Waals surface area (Å²) in [5, 5.41) is 0. The van der Waals surface area contributed by atoms with Gasteiger partial charge in [-0.1, -0.05) is 24.3 Å². The fourth-order valence-corrected chi connectivity index (χ4v) is 4.37. The van der Waals surface area contributed by atoms with Crippen LogP contribution in [0.15, 0.2) is 58.1 Å². The molecule has 2 aromatic carbocycles. The fourth-order valence-electron chi connectivity index (χ4n) is 4.37. The van der Waals surface area contributed by atoms with Gasteiger partial charge < -0.3 is 14.2 Å². The third-order valence-corrected chi connectivity index (χ3v) is 6.19. The summed E-state index contributed by atoms with van der Waals surface area (Å²) in [6.45, 7) is 3.67. The van der Waals surface area contributed by atoms with E-state index >= 15 is 0 Å². The molecule has 5 rings (SSSR count). The van der Waals surface area contributed by atoms with Crippen LogP contribution in [0.2, 0.25) is 0 Å². The van der Waals surface area contributed by atoms with Gasteiger partial charge in [0.25, 0.3) is 5.56 Å². The number of imidazole rings is 1. The van der Waals surface area contributed by atoms with Crippen LogP contribution >= 0.6 is 0 Å². The number of nitrogens with zero attached hydrogens (tertiary/aromatic N) is 5. The molecule has 1 aliphatic rings.